The fourth-order valence-corrected chi connectivity index (χ4v) is 5.55. The molecule has 21 heteroatoms. The third-order valence-electron chi connectivity index (χ3n) is 6.39. The van der Waals surface area contributed by atoms with Crippen LogP contribution in [0.3, 0.4) is 0 Å². The molecule has 4 rings (SSSR count). The molecule has 2 aliphatic heterocycles. The standard InChI is InChI=1S/C20H28N4O15P2/c1-9-5-23(19(28)21-16(9)26)14-3-11(7-35-40(30,31)32)18(38-14)39-41(33,34)36-8-13-12(25)4-15(37-13)24-6-10(2)17(27)22-20(24)29/h5-6,11-15,18,25H,3-4,7-8H2,1-2H3,(H,33,34)(H,21,26,28)(H,22,27,29)(H2,30,31,32)/t11-,12+,13-,14-,15-,18-/m1/s1. The Bertz CT molecular complexity index is 1610. The molecular weight excluding hydrogens is 598 g/mol. The Balaban J connectivity index is 1.44. The topological polar surface area (TPSA) is 271 Å². The van der Waals surface area contributed by atoms with E-state index in [0.29, 0.717) is 0 Å². The van der Waals surface area contributed by atoms with Crippen LogP contribution in [-0.2, 0) is 32.2 Å². The largest absolute Gasteiger partial charge is 0.474 e. The van der Waals surface area contributed by atoms with Gasteiger partial charge in [0.05, 0.1) is 19.3 Å². The normalized spacial score (nSPS) is 28.1. The molecule has 0 aromatic carbocycles. The number of phosphoric acid groups is 2. The van der Waals surface area contributed by atoms with Crippen LogP contribution in [0.15, 0.2) is 31.6 Å². The number of aromatic nitrogens is 4. The number of aliphatic hydroxyl groups excluding tert-OH is 1. The number of aromatic amines is 2. The first-order chi connectivity index (χ1) is 19.0. The van der Waals surface area contributed by atoms with Crippen LogP contribution < -0.4 is 22.5 Å². The van der Waals surface area contributed by atoms with E-state index < -0.39 is 88.2 Å². The van der Waals surface area contributed by atoms with Crippen LogP contribution in [0.1, 0.15) is 36.4 Å². The Morgan fingerprint density at radius 3 is 1.95 bits per heavy atom. The second-order valence-electron chi connectivity index (χ2n) is 9.50. The Hall–Kier alpha value is -2.54. The fourth-order valence-electron chi connectivity index (χ4n) is 4.29. The maximum atomic E-state index is 12.8. The summed E-state index contributed by atoms with van der Waals surface area (Å²) in [7, 11) is -9.98. The molecule has 19 nitrogen and oxygen atoms in total. The van der Waals surface area contributed by atoms with E-state index in [4.69, 9.17) is 28.3 Å². The maximum absolute atomic E-state index is 12.8. The van der Waals surface area contributed by atoms with Gasteiger partial charge in [0.15, 0.2) is 6.29 Å². The third kappa shape index (κ3) is 7.65. The molecule has 0 saturated carbocycles. The predicted octanol–water partition coefficient (Wildman–Crippen LogP) is -1.54. The summed E-state index contributed by atoms with van der Waals surface area (Å²) < 4.78 is 51.7. The maximum Gasteiger partial charge on any atom is 0.474 e. The molecule has 2 aromatic rings. The van der Waals surface area contributed by atoms with Crippen LogP contribution >= 0.6 is 15.6 Å². The summed E-state index contributed by atoms with van der Waals surface area (Å²) in [5, 5.41) is 10.4. The van der Waals surface area contributed by atoms with Crippen molar-refractivity contribution in [2.45, 2.75) is 57.6 Å². The highest BCUT2D eigenvalue weighted by atomic mass is 31.2. The minimum absolute atomic E-state index is 0.113. The van der Waals surface area contributed by atoms with E-state index >= 15 is 0 Å². The molecule has 0 aliphatic carbocycles. The van der Waals surface area contributed by atoms with Gasteiger partial charge in [-0.15, -0.1) is 0 Å². The summed E-state index contributed by atoms with van der Waals surface area (Å²) >= 11 is 0. The molecule has 0 bridgehead atoms. The number of aliphatic hydroxyl groups is 1. The molecule has 228 valence electrons. The first kappa shape index (κ1) is 31.4. The van der Waals surface area contributed by atoms with Crippen molar-refractivity contribution in [3.63, 3.8) is 0 Å². The van der Waals surface area contributed by atoms with E-state index in [1.165, 1.54) is 26.2 Å². The number of nitrogens with one attached hydrogen (secondary N) is 2. The first-order valence-electron chi connectivity index (χ1n) is 12.0. The number of ether oxygens (including phenoxy) is 2. The zero-order valence-electron chi connectivity index (χ0n) is 21.5. The monoisotopic (exact) mass is 626 g/mol. The molecule has 0 radical (unpaired) electrons. The molecule has 2 fully saturated rings. The van der Waals surface area contributed by atoms with Crippen LogP contribution in [0.25, 0.3) is 0 Å². The van der Waals surface area contributed by atoms with E-state index in [-0.39, 0.29) is 24.0 Å². The van der Waals surface area contributed by atoms with Crippen LogP contribution in [0.5, 0.6) is 0 Å². The average molecular weight is 626 g/mol. The van der Waals surface area contributed by atoms with Gasteiger partial charge < -0.3 is 29.3 Å². The van der Waals surface area contributed by atoms with Crippen LogP contribution in [0.2, 0.25) is 0 Å². The quantitative estimate of drug-likeness (QED) is 0.163. The van der Waals surface area contributed by atoms with E-state index in [1.54, 1.807) is 0 Å². The van der Waals surface area contributed by atoms with Gasteiger partial charge in [-0.1, -0.05) is 0 Å². The third-order valence-corrected chi connectivity index (χ3v) is 7.83. The highest BCUT2D eigenvalue weighted by Crippen LogP contribution is 2.50. The number of hydrogen-bond acceptors (Lipinski definition) is 12. The molecule has 7 atom stereocenters. The minimum Gasteiger partial charge on any atom is -0.390 e. The number of nitrogens with zero attached hydrogens (tertiary/aromatic N) is 2. The second kappa shape index (κ2) is 12.0. The van der Waals surface area contributed by atoms with Gasteiger partial charge in [-0.25, -0.2) is 18.7 Å². The fraction of sp³-hybridized carbons (Fsp3) is 0.600. The molecule has 6 N–H and O–H groups in total. The van der Waals surface area contributed by atoms with Crippen LogP contribution in [0.4, 0.5) is 0 Å². The molecule has 1 unspecified atom stereocenters. The Morgan fingerprint density at radius 2 is 1.41 bits per heavy atom. The van der Waals surface area contributed by atoms with Crippen molar-refractivity contribution in [3.05, 3.63) is 65.2 Å². The van der Waals surface area contributed by atoms with E-state index in [1.807, 2.05) is 0 Å². The van der Waals surface area contributed by atoms with E-state index in [9.17, 15) is 38.3 Å². The molecule has 0 spiro atoms. The summed E-state index contributed by atoms with van der Waals surface area (Å²) in [6, 6.07) is 0. The van der Waals surface area contributed by atoms with Gasteiger partial charge in [0, 0.05) is 42.3 Å². The Morgan fingerprint density at radius 1 is 0.878 bits per heavy atom. The summed E-state index contributed by atoms with van der Waals surface area (Å²) in [6.07, 6.45) is -4.21. The molecule has 2 aromatic heterocycles. The summed E-state index contributed by atoms with van der Waals surface area (Å²) in [5.41, 5.74) is -2.55. The Labute approximate surface area is 229 Å². The number of hydrogen-bond donors (Lipinski definition) is 6. The summed E-state index contributed by atoms with van der Waals surface area (Å²) in [4.78, 5) is 80.4. The molecule has 2 saturated heterocycles. The Kier molecular flexibility index (Phi) is 9.18. The van der Waals surface area contributed by atoms with Crippen molar-refractivity contribution in [2.24, 2.45) is 5.92 Å². The smallest absolute Gasteiger partial charge is 0.390 e. The molecule has 2 aliphatic rings. The summed E-state index contributed by atoms with van der Waals surface area (Å²) in [6.45, 7) is 1.48. The van der Waals surface area contributed by atoms with Crippen LogP contribution in [-0.4, -0.2) is 70.6 Å². The lowest BCUT2D eigenvalue weighted by Gasteiger charge is -2.23. The van der Waals surface area contributed by atoms with Gasteiger partial charge >= 0.3 is 27.0 Å². The number of H-pyrrole nitrogens is 2. The number of phosphoric ester groups is 2. The highest BCUT2D eigenvalue weighted by Gasteiger charge is 2.44. The van der Waals surface area contributed by atoms with Crippen molar-refractivity contribution in [1.82, 2.24) is 19.1 Å². The lowest BCUT2D eigenvalue weighted by Crippen LogP contribution is -2.33. The zero-order valence-corrected chi connectivity index (χ0v) is 23.3. The molecule has 0 amide bonds. The van der Waals surface area contributed by atoms with Crippen molar-refractivity contribution in [3.8, 4) is 0 Å². The highest BCUT2D eigenvalue weighted by molar-refractivity contribution is 7.47. The average Bonchev–Trinajstić information content (AvgIpc) is 3.43. The van der Waals surface area contributed by atoms with Gasteiger partial charge in [0.2, 0.25) is 0 Å². The zero-order chi connectivity index (χ0) is 30.3. The number of aryl methyl sites for hydroxylation is 2. The first-order valence-corrected chi connectivity index (χ1v) is 15.0. The van der Waals surface area contributed by atoms with Crippen LogP contribution in [0, 0.1) is 19.8 Å². The van der Waals surface area contributed by atoms with Gasteiger partial charge in [-0.3, -0.25) is 42.3 Å². The van der Waals surface area contributed by atoms with Crippen molar-refractivity contribution in [2.75, 3.05) is 13.2 Å². The SMILES string of the molecule is Cc1cn([C@H]2C[C@H](COP(=O)(O)O)[C@@H](OP(=O)(O)OC[C@H]3O[C@@H](n4cc(C)c(=O)[nH]c4=O)C[C@@H]3O)O2)c(=O)[nH]c1=O. The lowest BCUT2D eigenvalue weighted by molar-refractivity contribution is -0.129. The van der Waals surface area contributed by atoms with Gasteiger partial charge in [-0.05, 0) is 13.8 Å². The molecular formula is C20H28N4O15P2. The lowest BCUT2D eigenvalue weighted by atomic mass is 10.1. The second-order valence-corrected chi connectivity index (χ2v) is 12.1. The predicted molar refractivity (Wildman–Crippen MR) is 134 cm³/mol. The number of rotatable bonds is 10. The van der Waals surface area contributed by atoms with Crippen molar-refractivity contribution in [1.29, 1.82) is 0 Å². The van der Waals surface area contributed by atoms with Gasteiger partial charge in [0.1, 0.15) is 18.6 Å². The van der Waals surface area contributed by atoms with Gasteiger partial charge in [0.25, 0.3) is 11.1 Å². The minimum atomic E-state index is -5.01. The van der Waals surface area contributed by atoms with Gasteiger partial charge in [-0.2, -0.15) is 0 Å². The molecule has 41 heavy (non-hydrogen) atoms. The summed E-state index contributed by atoms with van der Waals surface area (Å²) in [5.74, 6) is -1.09. The van der Waals surface area contributed by atoms with E-state index in [0.717, 1.165) is 9.13 Å². The van der Waals surface area contributed by atoms with Crippen molar-refractivity contribution < 1.29 is 52.0 Å². The van der Waals surface area contributed by atoms with E-state index in [2.05, 4.69) is 14.5 Å². The molecule has 4 heterocycles. The van der Waals surface area contributed by atoms with Crippen molar-refractivity contribution >= 4 is 15.6 Å².